The summed E-state index contributed by atoms with van der Waals surface area (Å²) in [7, 11) is 2.14. The van der Waals surface area contributed by atoms with Gasteiger partial charge in [0.25, 0.3) is 0 Å². The van der Waals surface area contributed by atoms with E-state index in [1.807, 2.05) is 11.8 Å². The van der Waals surface area contributed by atoms with Crippen LogP contribution in [0.2, 0.25) is 0 Å². The molecule has 1 aromatic carbocycles. The van der Waals surface area contributed by atoms with Gasteiger partial charge in [0.2, 0.25) is 0 Å². The van der Waals surface area contributed by atoms with Crippen molar-refractivity contribution in [3.8, 4) is 0 Å². The van der Waals surface area contributed by atoms with Crippen LogP contribution in [0.15, 0.2) is 22.7 Å². The van der Waals surface area contributed by atoms with E-state index in [1.54, 1.807) is 0 Å². The fraction of sp³-hybridized carbons (Fsp3) is 0.571. The minimum atomic E-state index is 0.515. The van der Waals surface area contributed by atoms with Crippen LogP contribution in [0.5, 0.6) is 0 Å². The lowest BCUT2D eigenvalue weighted by Gasteiger charge is -2.20. The summed E-state index contributed by atoms with van der Waals surface area (Å²) in [5, 5.41) is 3.44. The van der Waals surface area contributed by atoms with Crippen molar-refractivity contribution in [2.24, 2.45) is 0 Å². The summed E-state index contributed by atoms with van der Waals surface area (Å²) in [6.45, 7) is 6.32. The Morgan fingerprint density at radius 2 is 2.11 bits per heavy atom. The summed E-state index contributed by atoms with van der Waals surface area (Å²) in [6.07, 6.45) is 2.14. The van der Waals surface area contributed by atoms with Gasteiger partial charge in [-0.2, -0.15) is 11.8 Å². The molecule has 0 amide bonds. The van der Waals surface area contributed by atoms with E-state index in [4.69, 9.17) is 0 Å². The fourth-order valence-corrected chi connectivity index (χ4v) is 2.55. The van der Waals surface area contributed by atoms with Crippen molar-refractivity contribution in [3.05, 3.63) is 28.2 Å². The van der Waals surface area contributed by atoms with E-state index in [0.717, 1.165) is 18.8 Å². The van der Waals surface area contributed by atoms with Crippen LogP contribution in [0.1, 0.15) is 19.4 Å². The molecule has 0 aromatic heterocycles. The molecule has 0 saturated heterocycles. The van der Waals surface area contributed by atoms with Crippen molar-refractivity contribution >= 4 is 33.4 Å². The second kappa shape index (κ2) is 8.08. The zero-order valence-electron chi connectivity index (χ0n) is 11.7. The number of nitrogens with zero attached hydrogens (tertiary/aromatic N) is 1. The molecule has 18 heavy (non-hydrogen) atoms. The molecule has 0 bridgehead atoms. The zero-order valence-corrected chi connectivity index (χ0v) is 14.1. The molecule has 0 heterocycles. The van der Waals surface area contributed by atoms with E-state index in [-0.39, 0.29) is 0 Å². The maximum absolute atomic E-state index is 3.66. The third-order valence-corrected chi connectivity index (χ3v) is 4.14. The maximum Gasteiger partial charge on any atom is 0.0375 e. The van der Waals surface area contributed by atoms with E-state index >= 15 is 0 Å². The van der Waals surface area contributed by atoms with E-state index in [9.17, 15) is 0 Å². The molecule has 102 valence electrons. The molecular weight excluding hydrogens is 308 g/mol. The number of rotatable bonds is 7. The molecule has 0 atom stereocenters. The predicted molar refractivity (Wildman–Crippen MR) is 87.8 cm³/mol. The standard InChI is InChI=1S/C14H23BrN2S/c1-11(2)16-10-12-5-6-13(9-14(12)15)17(3)7-8-18-4/h5-6,9,11,16H,7-8,10H2,1-4H3. The molecular formula is C14H23BrN2S. The van der Waals surface area contributed by atoms with Gasteiger partial charge < -0.3 is 10.2 Å². The maximum atomic E-state index is 3.66. The molecule has 0 aliphatic heterocycles. The van der Waals surface area contributed by atoms with E-state index < -0.39 is 0 Å². The molecule has 0 aliphatic carbocycles. The molecule has 0 spiro atoms. The van der Waals surface area contributed by atoms with Crippen molar-refractivity contribution in [2.75, 3.05) is 30.5 Å². The minimum Gasteiger partial charge on any atom is -0.374 e. The van der Waals surface area contributed by atoms with E-state index in [1.165, 1.54) is 15.7 Å². The molecule has 0 fully saturated rings. The van der Waals surface area contributed by atoms with Crippen molar-refractivity contribution < 1.29 is 0 Å². The van der Waals surface area contributed by atoms with Gasteiger partial charge in [0.05, 0.1) is 0 Å². The number of anilines is 1. The van der Waals surface area contributed by atoms with Gasteiger partial charge in [-0.15, -0.1) is 0 Å². The highest BCUT2D eigenvalue weighted by Crippen LogP contribution is 2.23. The number of halogens is 1. The van der Waals surface area contributed by atoms with Gasteiger partial charge in [0.1, 0.15) is 0 Å². The molecule has 0 saturated carbocycles. The Kier molecular flexibility index (Phi) is 7.12. The van der Waals surface area contributed by atoms with Crippen LogP contribution in [-0.2, 0) is 6.54 Å². The molecule has 0 unspecified atom stereocenters. The molecule has 1 rings (SSSR count). The number of hydrogen-bond acceptors (Lipinski definition) is 3. The Bertz CT molecular complexity index is 369. The van der Waals surface area contributed by atoms with Crippen LogP contribution in [0, 0.1) is 0 Å². The monoisotopic (exact) mass is 330 g/mol. The number of benzene rings is 1. The molecule has 2 nitrogen and oxygen atoms in total. The highest BCUT2D eigenvalue weighted by atomic mass is 79.9. The Morgan fingerprint density at radius 1 is 1.39 bits per heavy atom. The lowest BCUT2D eigenvalue weighted by molar-refractivity contribution is 0.588. The van der Waals surface area contributed by atoms with Crippen molar-refractivity contribution in [3.63, 3.8) is 0 Å². The van der Waals surface area contributed by atoms with Crippen LogP contribution in [-0.4, -0.2) is 31.6 Å². The molecule has 1 aromatic rings. The first kappa shape index (κ1) is 15.9. The topological polar surface area (TPSA) is 15.3 Å². The largest absolute Gasteiger partial charge is 0.374 e. The summed E-state index contributed by atoms with van der Waals surface area (Å²) in [5.74, 6) is 1.16. The quantitative estimate of drug-likeness (QED) is 0.819. The van der Waals surface area contributed by atoms with Crippen molar-refractivity contribution in [2.45, 2.75) is 26.4 Å². The molecule has 0 aliphatic rings. The Labute approximate surface area is 124 Å². The van der Waals surface area contributed by atoms with Crippen LogP contribution in [0.3, 0.4) is 0 Å². The first-order valence-electron chi connectivity index (χ1n) is 6.26. The third-order valence-electron chi connectivity index (χ3n) is 2.81. The first-order chi connectivity index (χ1) is 8.54. The Morgan fingerprint density at radius 3 is 2.67 bits per heavy atom. The highest BCUT2D eigenvalue weighted by Gasteiger charge is 2.05. The fourth-order valence-electron chi connectivity index (χ4n) is 1.59. The lowest BCUT2D eigenvalue weighted by atomic mass is 10.2. The highest BCUT2D eigenvalue weighted by molar-refractivity contribution is 9.10. The van der Waals surface area contributed by atoms with Gasteiger partial charge in [0, 0.05) is 42.1 Å². The number of nitrogens with one attached hydrogen (secondary N) is 1. The van der Waals surface area contributed by atoms with Gasteiger partial charge >= 0.3 is 0 Å². The summed E-state index contributed by atoms with van der Waals surface area (Å²) in [6, 6.07) is 7.12. The zero-order chi connectivity index (χ0) is 13.5. The van der Waals surface area contributed by atoms with Gasteiger partial charge in [0.15, 0.2) is 0 Å². The second-order valence-electron chi connectivity index (χ2n) is 4.73. The normalized spacial score (nSPS) is 11.0. The van der Waals surface area contributed by atoms with Gasteiger partial charge in [-0.3, -0.25) is 0 Å². The SMILES string of the molecule is CSCCN(C)c1ccc(CNC(C)C)c(Br)c1. The average Bonchev–Trinajstić information content (AvgIpc) is 2.34. The van der Waals surface area contributed by atoms with Crippen LogP contribution in [0.25, 0.3) is 0 Å². The lowest BCUT2D eigenvalue weighted by Crippen LogP contribution is -2.22. The average molecular weight is 331 g/mol. The smallest absolute Gasteiger partial charge is 0.0375 e. The second-order valence-corrected chi connectivity index (χ2v) is 6.57. The van der Waals surface area contributed by atoms with E-state index in [2.05, 4.69) is 71.5 Å². The predicted octanol–water partition coefficient (Wildman–Crippen LogP) is 3.75. The summed E-state index contributed by atoms with van der Waals surface area (Å²) in [5.41, 5.74) is 2.58. The van der Waals surface area contributed by atoms with E-state index in [0.29, 0.717) is 6.04 Å². The molecule has 0 radical (unpaired) electrons. The summed E-state index contributed by atoms with van der Waals surface area (Å²) >= 11 is 5.54. The van der Waals surface area contributed by atoms with Crippen molar-refractivity contribution in [1.82, 2.24) is 5.32 Å². The van der Waals surface area contributed by atoms with Gasteiger partial charge in [-0.1, -0.05) is 35.8 Å². The minimum absolute atomic E-state index is 0.515. The van der Waals surface area contributed by atoms with Crippen molar-refractivity contribution in [1.29, 1.82) is 0 Å². The van der Waals surface area contributed by atoms with Crippen LogP contribution in [0.4, 0.5) is 5.69 Å². The molecule has 4 heteroatoms. The number of hydrogen-bond donors (Lipinski definition) is 1. The van der Waals surface area contributed by atoms with Gasteiger partial charge in [-0.05, 0) is 24.0 Å². The third kappa shape index (κ3) is 5.21. The Balaban J connectivity index is 2.66. The van der Waals surface area contributed by atoms with Gasteiger partial charge in [-0.25, -0.2) is 0 Å². The Hall–Kier alpha value is -0.190. The molecule has 1 N–H and O–H groups in total. The number of thioether (sulfide) groups is 1. The first-order valence-corrected chi connectivity index (χ1v) is 8.45. The van der Waals surface area contributed by atoms with Crippen LogP contribution >= 0.6 is 27.7 Å². The summed E-state index contributed by atoms with van der Waals surface area (Å²) in [4.78, 5) is 2.29. The summed E-state index contributed by atoms with van der Waals surface area (Å²) < 4.78 is 1.18. The van der Waals surface area contributed by atoms with Crippen LogP contribution < -0.4 is 10.2 Å².